The molecule has 7 nitrogen and oxygen atoms in total. The lowest BCUT2D eigenvalue weighted by Gasteiger charge is -2.51. The molecule has 3 aliphatic carbocycles. The van der Waals surface area contributed by atoms with E-state index in [4.69, 9.17) is 15.0 Å². The fourth-order valence-electron chi connectivity index (χ4n) is 3.98. The summed E-state index contributed by atoms with van der Waals surface area (Å²) in [6.45, 7) is 0.791. The number of nitrogens with two attached hydrogens (primary N) is 1. The second-order valence-electron chi connectivity index (χ2n) is 6.87. The molecule has 3 aliphatic rings. The van der Waals surface area contributed by atoms with Gasteiger partial charge in [-0.25, -0.2) is 0 Å². The van der Waals surface area contributed by atoms with Gasteiger partial charge in [0.05, 0.1) is 7.11 Å². The minimum atomic E-state index is 0.0298. The third-order valence-corrected chi connectivity index (χ3v) is 5.79. The van der Waals surface area contributed by atoms with Gasteiger partial charge in [-0.1, -0.05) is 5.16 Å². The van der Waals surface area contributed by atoms with Crippen molar-refractivity contribution in [3.05, 3.63) is 18.0 Å². The van der Waals surface area contributed by atoms with Crippen molar-refractivity contribution in [2.24, 2.45) is 11.1 Å². The zero-order valence-corrected chi connectivity index (χ0v) is 13.3. The van der Waals surface area contributed by atoms with Crippen molar-refractivity contribution in [3.8, 4) is 17.4 Å². The Balaban J connectivity index is 1.58. The average molecular weight is 315 g/mol. The Bertz CT molecular complexity index is 672. The SMILES string of the molecule is COc1ccc(-c2noc(C34CCC(CN)(CC3)CC4)n2)nn1. The van der Waals surface area contributed by atoms with Crippen LogP contribution in [-0.2, 0) is 5.41 Å². The van der Waals surface area contributed by atoms with Gasteiger partial charge in [0.15, 0.2) is 0 Å². The molecule has 2 N–H and O–H groups in total. The van der Waals surface area contributed by atoms with Crippen LogP contribution in [0.2, 0.25) is 0 Å². The molecule has 23 heavy (non-hydrogen) atoms. The maximum absolute atomic E-state index is 5.98. The monoisotopic (exact) mass is 315 g/mol. The minimum absolute atomic E-state index is 0.0298. The van der Waals surface area contributed by atoms with E-state index in [0.29, 0.717) is 22.8 Å². The van der Waals surface area contributed by atoms with Crippen molar-refractivity contribution in [2.45, 2.75) is 43.9 Å². The van der Waals surface area contributed by atoms with Crippen LogP contribution < -0.4 is 10.5 Å². The zero-order chi connectivity index (χ0) is 15.9. The summed E-state index contributed by atoms with van der Waals surface area (Å²) in [6.07, 6.45) is 6.72. The van der Waals surface area contributed by atoms with Crippen LogP contribution in [0.4, 0.5) is 0 Å². The lowest BCUT2D eigenvalue weighted by molar-refractivity contribution is 0.0292. The molecule has 0 aromatic carbocycles. The first-order chi connectivity index (χ1) is 11.2. The molecule has 3 fully saturated rings. The third kappa shape index (κ3) is 2.30. The normalized spacial score (nSPS) is 29.7. The van der Waals surface area contributed by atoms with Crippen LogP contribution in [0.3, 0.4) is 0 Å². The highest BCUT2D eigenvalue weighted by Crippen LogP contribution is 2.57. The van der Waals surface area contributed by atoms with Crippen molar-refractivity contribution in [1.29, 1.82) is 0 Å². The second-order valence-corrected chi connectivity index (χ2v) is 6.87. The fraction of sp³-hybridized carbons (Fsp3) is 0.625. The number of hydrogen-bond donors (Lipinski definition) is 1. The van der Waals surface area contributed by atoms with E-state index >= 15 is 0 Å². The van der Waals surface area contributed by atoms with E-state index in [0.717, 1.165) is 51.0 Å². The number of rotatable bonds is 4. The highest BCUT2D eigenvalue weighted by molar-refractivity contribution is 5.47. The Labute approximate surface area is 134 Å². The summed E-state index contributed by atoms with van der Waals surface area (Å²) < 4.78 is 10.6. The van der Waals surface area contributed by atoms with Crippen LogP contribution in [0.15, 0.2) is 16.7 Å². The van der Waals surface area contributed by atoms with Gasteiger partial charge in [0, 0.05) is 11.5 Å². The summed E-state index contributed by atoms with van der Waals surface area (Å²) in [5.41, 5.74) is 6.96. The van der Waals surface area contributed by atoms with Crippen LogP contribution in [-0.4, -0.2) is 34.0 Å². The Kier molecular flexibility index (Phi) is 3.33. The van der Waals surface area contributed by atoms with Gasteiger partial charge < -0.3 is 15.0 Å². The highest BCUT2D eigenvalue weighted by Gasteiger charge is 2.51. The largest absolute Gasteiger partial charge is 0.480 e. The number of fused-ring (bicyclic) bond motifs is 3. The van der Waals surface area contributed by atoms with E-state index in [1.165, 1.54) is 0 Å². The topological polar surface area (TPSA) is 100.0 Å². The van der Waals surface area contributed by atoms with Crippen molar-refractivity contribution in [1.82, 2.24) is 20.3 Å². The summed E-state index contributed by atoms with van der Waals surface area (Å²) in [7, 11) is 1.56. The molecule has 2 aromatic heterocycles. The average Bonchev–Trinajstić information content (AvgIpc) is 3.14. The van der Waals surface area contributed by atoms with Crippen molar-refractivity contribution < 1.29 is 9.26 Å². The van der Waals surface area contributed by atoms with E-state index in [-0.39, 0.29) is 5.41 Å². The van der Waals surface area contributed by atoms with Gasteiger partial charge in [-0.3, -0.25) is 0 Å². The van der Waals surface area contributed by atoms with E-state index in [2.05, 4.69) is 20.3 Å². The predicted molar refractivity (Wildman–Crippen MR) is 82.7 cm³/mol. The maximum atomic E-state index is 5.98. The Morgan fingerprint density at radius 1 is 1.13 bits per heavy atom. The Hall–Kier alpha value is -2.02. The van der Waals surface area contributed by atoms with Gasteiger partial charge in [0.25, 0.3) is 0 Å². The van der Waals surface area contributed by atoms with Crippen LogP contribution in [0.25, 0.3) is 11.5 Å². The zero-order valence-electron chi connectivity index (χ0n) is 13.3. The first kappa shape index (κ1) is 14.6. The molecule has 2 heterocycles. The van der Waals surface area contributed by atoms with Crippen LogP contribution in [0, 0.1) is 5.41 Å². The fourth-order valence-corrected chi connectivity index (χ4v) is 3.98. The highest BCUT2D eigenvalue weighted by atomic mass is 16.5. The van der Waals surface area contributed by atoms with Crippen molar-refractivity contribution in [3.63, 3.8) is 0 Å². The summed E-state index contributed by atoms with van der Waals surface area (Å²) in [4.78, 5) is 4.62. The van der Waals surface area contributed by atoms with Crippen LogP contribution >= 0.6 is 0 Å². The number of hydrogen-bond acceptors (Lipinski definition) is 7. The predicted octanol–water partition coefficient (Wildman–Crippen LogP) is 2.09. The van der Waals surface area contributed by atoms with E-state index in [1.807, 2.05) is 0 Å². The smallest absolute Gasteiger partial charge is 0.233 e. The molecule has 7 heteroatoms. The summed E-state index contributed by atoms with van der Waals surface area (Å²) in [6, 6.07) is 3.53. The number of nitrogens with zero attached hydrogens (tertiary/aromatic N) is 4. The molecular formula is C16H21N5O2. The molecule has 0 spiro atoms. The van der Waals surface area contributed by atoms with Gasteiger partial charge in [-0.15, -0.1) is 10.2 Å². The molecule has 0 unspecified atom stereocenters. The molecule has 2 bridgehead atoms. The first-order valence-corrected chi connectivity index (χ1v) is 8.11. The molecule has 0 amide bonds. The molecular weight excluding hydrogens is 294 g/mol. The quantitative estimate of drug-likeness (QED) is 0.922. The Morgan fingerprint density at radius 2 is 1.87 bits per heavy atom. The minimum Gasteiger partial charge on any atom is -0.480 e. The second kappa shape index (κ2) is 5.26. The van der Waals surface area contributed by atoms with Crippen LogP contribution in [0.1, 0.15) is 44.4 Å². The molecule has 122 valence electrons. The number of methoxy groups -OCH3 is 1. The van der Waals surface area contributed by atoms with Gasteiger partial charge in [0.2, 0.25) is 17.6 Å². The standard InChI is InChI=1S/C16H21N5O2/c1-22-12-3-2-11(19-20-12)13-18-14(23-21-13)16-7-4-15(10-17,5-8-16)6-9-16/h2-3H,4-10,17H2,1H3. The van der Waals surface area contributed by atoms with Crippen molar-refractivity contribution >= 4 is 0 Å². The molecule has 5 rings (SSSR count). The number of ether oxygens (including phenoxy) is 1. The molecule has 0 aliphatic heterocycles. The van der Waals surface area contributed by atoms with Gasteiger partial charge in [-0.2, -0.15) is 4.98 Å². The molecule has 0 radical (unpaired) electrons. The third-order valence-electron chi connectivity index (χ3n) is 5.79. The van der Waals surface area contributed by atoms with E-state index in [1.54, 1.807) is 19.2 Å². The Morgan fingerprint density at radius 3 is 2.43 bits per heavy atom. The summed E-state index contributed by atoms with van der Waals surface area (Å²) in [5.74, 6) is 1.70. The van der Waals surface area contributed by atoms with Crippen molar-refractivity contribution in [2.75, 3.05) is 13.7 Å². The van der Waals surface area contributed by atoms with Gasteiger partial charge in [-0.05, 0) is 56.6 Å². The number of aromatic nitrogens is 4. The van der Waals surface area contributed by atoms with E-state index < -0.39 is 0 Å². The lowest BCUT2D eigenvalue weighted by atomic mass is 9.53. The lowest BCUT2D eigenvalue weighted by Crippen LogP contribution is -2.47. The summed E-state index contributed by atoms with van der Waals surface area (Å²) >= 11 is 0. The maximum Gasteiger partial charge on any atom is 0.233 e. The molecule has 0 saturated heterocycles. The van der Waals surface area contributed by atoms with Crippen LogP contribution in [0.5, 0.6) is 5.88 Å². The summed E-state index contributed by atoms with van der Waals surface area (Å²) in [5, 5.41) is 12.1. The van der Waals surface area contributed by atoms with Gasteiger partial charge >= 0.3 is 0 Å². The van der Waals surface area contributed by atoms with Gasteiger partial charge in [0.1, 0.15) is 5.69 Å². The first-order valence-electron chi connectivity index (χ1n) is 8.11. The molecule has 2 aromatic rings. The molecule has 3 saturated carbocycles. The molecule has 0 atom stereocenters. The van der Waals surface area contributed by atoms with E-state index in [9.17, 15) is 0 Å².